The van der Waals surface area contributed by atoms with Gasteiger partial charge in [0.1, 0.15) is 11.5 Å². The first kappa shape index (κ1) is 14.4. The summed E-state index contributed by atoms with van der Waals surface area (Å²) in [7, 11) is 3.29. The predicted molar refractivity (Wildman–Crippen MR) is 81.4 cm³/mol. The van der Waals surface area contributed by atoms with Gasteiger partial charge in [-0.15, -0.1) is 0 Å². The molecule has 3 nitrogen and oxygen atoms in total. The molecule has 0 amide bonds. The highest BCUT2D eigenvalue weighted by Crippen LogP contribution is 2.30. The SMILES string of the molecule is COc1ccc(C(N)Cc2ccccc2C)c(OC)c1. The molecule has 0 saturated carbocycles. The van der Waals surface area contributed by atoms with Crippen LogP contribution in [0, 0.1) is 6.92 Å². The lowest BCUT2D eigenvalue weighted by Gasteiger charge is -2.17. The van der Waals surface area contributed by atoms with Crippen molar-refractivity contribution in [3.8, 4) is 11.5 Å². The third-order valence-corrected chi connectivity index (χ3v) is 3.54. The molecule has 0 bridgehead atoms. The van der Waals surface area contributed by atoms with Crippen LogP contribution in [0.1, 0.15) is 22.7 Å². The summed E-state index contributed by atoms with van der Waals surface area (Å²) in [6.07, 6.45) is 0.787. The van der Waals surface area contributed by atoms with Crippen molar-refractivity contribution in [3.05, 3.63) is 59.2 Å². The van der Waals surface area contributed by atoms with Gasteiger partial charge in [-0.3, -0.25) is 0 Å². The van der Waals surface area contributed by atoms with Crippen molar-refractivity contribution in [2.24, 2.45) is 5.73 Å². The van der Waals surface area contributed by atoms with Crippen molar-refractivity contribution in [2.45, 2.75) is 19.4 Å². The van der Waals surface area contributed by atoms with E-state index in [1.165, 1.54) is 11.1 Å². The third kappa shape index (κ3) is 3.11. The Morgan fingerprint density at radius 3 is 2.45 bits per heavy atom. The minimum Gasteiger partial charge on any atom is -0.497 e. The van der Waals surface area contributed by atoms with Gasteiger partial charge in [0.15, 0.2) is 0 Å². The number of ether oxygens (including phenoxy) is 2. The number of nitrogens with two attached hydrogens (primary N) is 1. The van der Waals surface area contributed by atoms with Crippen LogP contribution in [0.3, 0.4) is 0 Å². The maximum atomic E-state index is 6.34. The fourth-order valence-corrected chi connectivity index (χ4v) is 2.31. The molecule has 0 aliphatic heterocycles. The molecular formula is C17H21NO2. The Morgan fingerprint density at radius 1 is 1.05 bits per heavy atom. The van der Waals surface area contributed by atoms with E-state index in [0.29, 0.717) is 0 Å². The van der Waals surface area contributed by atoms with Gasteiger partial charge in [0.05, 0.1) is 14.2 Å². The summed E-state index contributed by atoms with van der Waals surface area (Å²) in [6, 6.07) is 14.0. The molecule has 0 radical (unpaired) electrons. The Labute approximate surface area is 120 Å². The standard InChI is InChI=1S/C17H21NO2/c1-12-6-4-5-7-13(12)10-16(18)15-9-8-14(19-2)11-17(15)20-3/h4-9,11,16H,10,18H2,1-3H3. The minimum atomic E-state index is -0.100. The second-order valence-corrected chi connectivity index (χ2v) is 4.84. The molecule has 106 valence electrons. The zero-order valence-corrected chi connectivity index (χ0v) is 12.2. The Balaban J connectivity index is 2.25. The Hall–Kier alpha value is -2.00. The summed E-state index contributed by atoms with van der Waals surface area (Å²) in [5.74, 6) is 1.54. The number of aryl methyl sites for hydroxylation is 1. The predicted octanol–water partition coefficient (Wildman–Crippen LogP) is 3.25. The Bertz CT molecular complexity index is 581. The van der Waals surface area contributed by atoms with Gasteiger partial charge in [0, 0.05) is 17.7 Å². The lowest BCUT2D eigenvalue weighted by Crippen LogP contribution is -2.15. The van der Waals surface area contributed by atoms with E-state index >= 15 is 0 Å². The second kappa shape index (κ2) is 6.44. The molecule has 0 aromatic heterocycles. The van der Waals surface area contributed by atoms with Crippen LogP contribution in [-0.4, -0.2) is 14.2 Å². The molecule has 2 rings (SSSR count). The number of methoxy groups -OCH3 is 2. The highest BCUT2D eigenvalue weighted by molar-refractivity contribution is 5.43. The molecule has 3 heteroatoms. The van der Waals surface area contributed by atoms with Crippen LogP contribution < -0.4 is 15.2 Å². The van der Waals surface area contributed by atoms with E-state index in [-0.39, 0.29) is 6.04 Å². The summed E-state index contributed by atoms with van der Waals surface area (Å²) in [5.41, 5.74) is 9.86. The van der Waals surface area contributed by atoms with Crippen LogP contribution in [-0.2, 0) is 6.42 Å². The molecule has 2 aromatic rings. The van der Waals surface area contributed by atoms with E-state index in [4.69, 9.17) is 15.2 Å². The van der Waals surface area contributed by atoms with Gasteiger partial charge in [-0.05, 0) is 30.5 Å². The van der Waals surface area contributed by atoms with Crippen LogP contribution in [0.5, 0.6) is 11.5 Å². The average Bonchev–Trinajstić information content (AvgIpc) is 2.48. The van der Waals surface area contributed by atoms with Crippen LogP contribution in [0.4, 0.5) is 0 Å². The van der Waals surface area contributed by atoms with Crippen molar-refractivity contribution in [3.63, 3.8) is 0 Å². The molecule has 0 fully saturated rings. The maximum absolute atomic E-state index is 6.34. The van der Waals surface area contributed by atoms with Crippen molar-refractivity contribution in [1.82, 2.24) is 0 Å². The molecule has 20 heavy (non-hydrogen) atoms. The van der Waals surface area contributed by atoms with Crippen molar-refractivity contribution in [1.29, 1.82) is 0 Å². The van der Waals surface area contributed by atoms with Crippen LogP contribution in [0.25, 0.3) is 0 Å². The number of benzene rings is 2. The largest absolute Gasteiger partial charge is 0.497 e. The molecule has 1 unspecified atom stereocenters. The lowest BCUT2D eigenvalue weighted by atomic mass is 9.96. The second-order valence-electron chi connectivity index (χ2n) is 4.84. The van der Waals surface area contributed by atoms with Gasteiger partial charge >= 0.3 is 0 Å². The number of hydrogen-bond acceptors (Lipinski definition) is 3. The minimum absolute atomic E-state index is 0.100. The van der Waals surface area contributed by atoms with E-state index in [2.05, 4.69) is 19.1 Å². The van der Waals surface area contributed by atoms with Crippen molar-refractivity contribution < 1.29 is 9.47 Å². The normalized spacial score (nSPS) is 12.0. The summed E-state index contributed by atoms with van der Waals surface area (Å²) >= 11 is 0. The lowest BCUT2D eigenvalue weighted by molar-refractivity contribution is 0.388. The quantitative estimate of drug-likeness (QED) is 0.908. The van der Waals surface area contributed by atoms with E-state index in [9.17, 15) is 0 Å². The molecule has 2 N–H and O–H groups in total. The van der Waals surface area contributed by atoms with Crippen LogP contribution in [0.15, 0.2) is 42.5 Å². The highest BCUT2D eigenvalue weighted by Gasteiger charge is 2.14. The maximum Gasteiger partial charge on any atom is 0.127 e. The first-order valence-electron chi connectivity index (χ1n) is 6.67. The Morgan fingerprint density at radius 2 is 1.80 bits per heavy atom. The number of rotatable bonds is 5. The summed E-state index contributed by atoms with van der Waals surface area (Å²) in [6.45, 7) is 2.10. The van der Waals surface area contributed by atoms with Gasteiger partial charge in [-0.1, -0.05) is 30.3 Å². The molecule has 0 saturated heterocycles. The fraction of sp³-hybridized carbons (Fsp3) is 0.294. The van der Waals surface area contributed by atoms with Gasteiger partial charge in [-0.25, -0.2) is 0 Å². The summed E-state index contributed by atoms with van der Waals surface area (Å²) in [4.78, 5) is 0. The highest BCUT2D eigenvalue weighted by atomic mass is 16.5. The van der Waals surface area contributed by atoms with Gasteiger partial charge < -0.3 is 15.2 Å². The zero-order chi connectivity index (χ0) is 14.5. The zero-order valence-electron chi connectivity index (χ0n) is 12.2. The molecule has 0 aliphatic carbocycles. The van der Waals surface area contributed by atoms with Crippen molar-refractivity contribution >= 4 is 0 Å². The fourth-order valence-electron chi connectivity index (χ4n) is 2.31. The van der Waals surface area contributed by atoms with E-state index < -0.39 is 0 Å². The smallest absolute Gasteiger partial charge is 0.127 e. The van der Waals surface area contributed by atoms with Gasteiger partial charge in [0.2, 0.25) is 0 Å². The van der Waals surface area contributed by atoms with Crippen molar-refractivity contribution in [2.75, 3.05) is 14.2 Å². The van der Waals surface area contributed by atoms with E-state index in [1.54, 1.807) is 14.2 Å². The first-order chi connectivity index (χ1) is 9.65. The van der Waals surface area contributed by atoms with E-state index in [1.807, 2.05) is 30.3 Å². The molecule has 0 aliphatic rings. The topological polar surface area (TPSA) is 44.5 Å². The molecule has 0 heterocycles. The third-order valence-electron chi connectivity index (χ3n) is 3.54. The first-order valence-corrected chi connectivity index (χ1v) is 6.67. The summed E-state index contributed by atoms with van der Waals surface area (Å²) in [5, 5.41) is 0. The van der Waals surface area contributed by atoms with Gasteiger partial charge in [-0.2, -0.15) is 0 Å². The monoisotopic (exact) mass is 271 g/mol. The summed E-state index contributed by atoms with van der Waals surface area (Å²) < 4.78 is 10.6. The van der Waals surface area contributed by atoms with Crippen LogP contribution >= 0.6 is 0 Å². The Kier molecular flexibility index (Phi) is 4.64. The van der Waals surface area contributed by atoms with Gasteiger partial charge in [0.25, 0.3) is 0 Å². The molecule has 1 atom stereocenters. The molecule has 0 spiro atoms. The number of hydrogen-bond donors (Lipinski definition) is 1. The molecule has 2 aromatic carbocycles. The van der Waals surface area contributed by atoms with E-state index in [0.717, 1.165) is 23.5 Å². The molecular weight excluding hydrogens is 250 g/mol. The van der Waals surface area contributed by atoms with Crippen LogP contribution in [0.2, 0.25) is 0 Å². The average molecular weight is 271 g/mol.